The van der Waals surface area contributed by atoms with E-state index in [9.17, 15) is 14.4 Å². The summed E-state index contributed by atoms with van der Waals surface area (Å²) in [6, 6.07) is 0. The van der Waals surface area contributed by atoms with Gasteiger partial charge in [-0.3, -0.25) is 14.4 Å². The predicted molar refractivity (Wildman–Crippen MR) is 362 cm³/mol. The second-order valence-electron chi connectivity index (χ2n) is 22.7. The maximum atomic E-state index is 12.9. The van der Waals surface area contributed by atoms with Crippen molar-refractivity contribution in [1.29, 1.82) is 0 Å². The monoisotopic (exact) mass is 1150 g/mol. The third-order valence-corrected chi connectivity index (χ3v) is 14.6. The Kier molecular flexibility index (Phi) is 66.3. The highest BCUT2D eigenvalue weighted by Crippen LogP contribution is 2.17. The largest absolute Gasteiger partial charge is 0.462 e. The van der Waals surface area contributed by atoms with Crippen LogP contribution in [0.2, 0.25) is 0 Å². The average Bonchev–Trinajstić information content (AvgIpc) is 3.49. The third kappa shape index (κ3) is 68.2. The highest BCUT2D eigenvalue weighted by molar-refractivity contribution is 5.71. The SMILES string of the molecule is CC/C=C\C/C=C\C/C=C\C/C=C\C/C=C\C/C=C\C/C=C\C/C=C\C/C=C\CCCCCC(=O)OCC(COC(=O)CCCCCCC/C=C\C/C=C\CCCC)OC(=O)CCCCCCCCCCCCCCCCCCCCCC. The minimum atomic E-state index is -0.802. The van der Waals surface area contributed by atoms with Gasteiger partial charge in [-0.05, 0) is 116 Å². The molecule has 83 heavy (non-hydrogen) atoms. The Morgan fingerprint density at radius 1 is 0.253 bits per heavy atom. The van der Waals surface area contributed by atoms with Gasteiger partial charge in [0.2, 0.25) is 0 Å². The summed E-state index contributed by atoms with van der Waals surface area (Å²) >= 11 is 0. The van der Waals surface area contributed by atoms with Gasteiger partial charge >= 0.3 is 17.9 Å². The van der Waals surface area contributed by atoms with Crippen LogP contribution in [0.1, 0.15) is 316 Å². The van der Waals surface area contributed by atoms with Crippen molar-refractivity contribution in [2.45, 2.75) is 322 Å². The van der Waals surface area contributed by atoms with Crippen LogP contribution in [0.4, 0.5) is 0 Å². The number of allylic oxidation sites excluding steroid dienone is 22. The maximum Gasteiger partial charge on any atom is 0.306 e. The van der Waals surface area contributed by atoms with Crippen molar-refractivity contribution in [2.24, 2.45) is 0 Å². The van der Waals surface area contributed by atoms with Crippen molar-refractivity contribution >= 4 is 17.9 Å². The molecular weight excluding hydrogens is 1020 g/mol. The van der Waals surface area contributed by atoms with Crippen LogP contribution in [0.5, 0.6) is 0 Å². The lowest BCUT2D eigenvalue weighted by molar-refractivity contribution is -0.167. The van der Waals surface area contributed by atoms with Crippen molar-refractivity contribution in [3.05, 3.63) is 134 Å². The number of hydrogen-bond acceptors (Lipinski definition) is 6. The molecule has 0 aliphatic heterocycles. The minimum absolute atomic E-state index is 0.0967. The Labute approximate surface area is 513 Å². The summed E-state index contributed by atoms with van der Waals surface area (Å²) in [6.45, 7) is 6.47. The van der Waals surface area contributed by atoms with Crippen LogP contribution >= 0.6 is 0 Å². The lowest BCUT2D eigenvalue weighted by Crippen LogP contribution is -2.30. The molecule has 6 heteroatoms. The van der Waals surface area contributed by atoms with Crippen LogP contribution in [-0.4, -0.2) is 37.2 Å². The summed E-state index contributed by atoms with van der Waals surface area (Å²) < 4.78 is 16.9. The zero-order valence-corrected chi connectivity index (χ0v) is 54.2. The maximum absolute atomic E-state index is 12.9. The van der Waals surface area contributed by atoms with Gasteiger partial charge in [-0.2, -0.15) is 0 Å². The average molecular weight is 1150 g/mol. The van der Waals surface area contributed by atoms with Gasteiger partial charge in [0.05, 0.1) is 0 Å². The van der Waals surface area contributed by atoms with Crippen molar-refractivity contribution in [3.63, 3.8) is 0 Å². The summed E-state index contributed by atoms with van der Waals surface area (Å²) in [5.74, 6) is -0.934. The van der Waals surface area contributed by atoms with Gasteiger partial charge in [0, 0.05) is 19.3 Å². The van der Waals surface area contributed by atoms with Crippen molar-refractivity contribution < 1.29 is 28.6 Å². The highest BCUT2D eigenvalue weighted by Gasteiger charge is 2.19. The van der Waals surface area contributed by atoms with E-state index in [0.717, 1.165) is 148 Å². The van der Waals surface area contributed by atoms with E-state index in [1.165, 1.54) is 128 Å². The zero-order valence-electron chi connectivity index (χ0n) is 54.2. The third-order valence-electron chi connectivity index (χ3n) is 14.6. The molecule has 0 aliphatic carbocycles. The first kappa shape index (κ1) is 78.5. The summed E-state index contributed by atoms with van der Waals surface area (Å²) in [4.78, 5) is 38.4. The molecule has 0 aromatic heterocycles. The number of unbranched alkanes of at least 4 members (excludes halogenated alkanes) is 29. The molecule has 0 amide bonds. The molecule has 0 radical (unpaired) electrons. The molecule has 1 atom stereocenters. The van der Waals surface area contributed by atoms with Crippen LogP contribution in [0.15, 0.2) is 134 Å². The van der Waals surface area contributed by atoms with Gasteiger partial charge in [0.1, 0.15) is 13.2 Å². The van der Waals surface area contributed by atoms with E-state index >= 15 is 0 Å². The molecule has 0 heterocycles. The van der Waals surface area contributed by atoms with E-state index in [2.05, 4.69) is 154 Å². The number of ether oxygens (including phenoxy) is 3. The Bertz CT molecular complexity index is 1750. The number of carbonyl (C=O) groups excluding carboxylic acids is 3. The Hall–Kier alpha value is -4.45. The van der Waals surface area contributed by atoms with E-state index in [-0.39, 0.29) is 31.1 Å². The lowest BCUT2D eigenvalue weighted by atomic mass is 10.0. The van der Waals surface area contributed by atoms with Gasteiger partial charge in [0.25, 0.3) is 0 Å². The van der Waals surface area contributed by atoms with Gasteiger partial charge in [-0.15, -0.1) is 0 Å². The standard InChI is InChI=1S/C77H128O6/c1-4-7-10-13-16-19-22-25-28-30-32-34-35-36-37-38-39-40-41-42-43-44-46-47-49-52-55-58-61-64-67-70-76(79)82-73-74(72-81-75(78)69-66-63-60-57-54-51-27-24-21-18-15-12-9-6-3)83-77(80)71-68-65-62-59-56-53-50-48-45-33-31-29-26-23-20-17-14-11-8-5-2/h7,10,15-16,18-19,24-25,27-28,32,34,36-37,39-40,42-43,46-47,52,55,74H,4-6,8-9,11-14,17,20-23,26,29-31,33,35,38,41,44-45,48-51,53-54,56-73H2,1-3H3/b10-7-,18-15-,19-16-,27-24-,28-25-,34-32-,37-36-,40-39-,43-42-,47-46-,55-52-. The zero-order chi connectivity index (χ0) is 59.9. The van der Waals surface area contributed by atoms with Gasteiger partial charge in [-0.1, -0.05) is 315 Å². The Morgan fingerprint density at radius 3 is 0.783 bits per heavy atom. The summed E-state index contributed by atoms with van der Waals surface area (Å²) in [5, 5.41) is 0. The van der Waals surface area contributed by atoms with Gasteiger partial charge in [-0.25, -0.2) is 0 Å². The molecule has 0 saturated carbocycles. The van der Waals surface area contributed by atoms with Crippen LogP contribution in [-0.2, 0) is 28.6 Å². The van der Waals surface area contributed by atoms with E-state index < -0.39 is 6.10 Å². The normalized spacial score (nSPS) is 13.0. The first-order valence-electron chi connectivity index (χ1n) is 34.7. The molecule has 472 valence electrons. The molecular formula is C77H128O6. The van der Waals surface area contributed by atoms with E-state index in [1.54, 1.807) is 0 Å². The minimum Gasteiger partial charge on any atom is -0.462 e. The highest BCUT2D eigenvalue weighted by atomic mass is 16.6. The number of hydrogen-bond donors (Lipinski definition) is 0. The van der Waals surface area contributed by atoms with E-state index in [4.69, 9.17) is 14.2 Å². The van der Waals surface area contributed by atoms with Crippen LogP contribution in [0, 0.1) is 0 Å². The van der Waals surface area contributed by atoms with Crippen molar-refractivity contribution in [1.82, 2.24) is 0 Å². The fraction of sp³-hybridized carbons (Fsp3) is 0.675. The first-order valence-corrected chi connectivity index (χ1v) is 34.7. The number of rotatable bonds is 62. The van der Waals surface area contributed by atoms with E-state index in [0.29, 0.717) is 19.3 Å². The van der Waals surface area contributed by atoms with Gasteiger partial charge in [0.15, 0.2) is 6.10 Å². The van der Waals surface area contributed by atoms with E-state index in [1.807, 2.05) is 0 Å². The topological polar surface area (TPSA) is 78.9 Å². The molecule has 0 fully saturated rings. The molecule has 6 nitrogen and oxygen atoms in total. The lowest BCUT2D eigenvalue weighted by Gasteiger charge is -2.18. The molecule has 0 spiro atoms. The molecule has 0 rings (SSSR count). The number of esters is 3. The molecule has 0 aliphatic rings. The fourth-order valence-electron chi connectivity index (χ4n) is 9.45. The molecule has 0 aromatic carbocycles. The molecule has 0 aromatic rings. The smallest absolute Gasteiger partial charge is 0.306 e. The van der Waals surface area contributed by atoms with Gasteiger partial charge < -0.3 is 14.2 Å². The Balaban J connectivity index is 4.40. The quantitative estimate of drug-likeness (QED) is 0.0261. The summed E-state index contributed by atoms with van der Waals surface area (Å²) in [7, 11) is 0. The summed E-state index contributed by atoms with van der Waals surface area (Å²) in [6.07, 6.45) is 99.0. The molecule has 1 unspecified atom stereocenters. The van der Waals surface area contributed by atoms with Crippen molar-refractivity contribution in [2.75, 3.05) is 13.2 Å². The Morgan fingerprint density at radius 2 is 0.482 bits per heavy atom. The fourth-order valence-corrected chi connectivity index (χ4v) is 9.45. The van der Waals surface area contributed by atoms with Crippen molar-refractivity contribution in [3.8, 4) is 0 Å². The van der Waals surface area contributed by atoms with Crippen LogP contribution in [0.25, 0.3) is 0 Å². The van der Waals surface area contributed by atoms with Crippen LogP contribution in [0.3, 0.4) is 0 Å². The summed E-state index contributed by atoms with van der Waals surface area (Å²) in [5.41, 5.74) is 0. The molecule has 0 saturated heterocycles. The molecule has 0 bridgehead atoms. The number of carbonyl (C=O) groups is 3. The second kappa shape index (κ2) is 70.0. The second-order valence-corrected chi connectivity index (χ2v) is 22.7. The first-order chi connectivity index (χ1) is 41.0. The predicted octanol–water partition coefficient (Wildman–Crippen LogP) is 24.1. The molecule has 0 N–H and O–H groups in total. The van der Waals surface area contributed by atoms with Crippen LogP contribution < -0.4 is 0 Å².